The molecule has 4 atom stereocenters. The Bertz CT molecular complexity index is 1130. The molecule has 1 aliphatic rings. The van der Waals surface area contributed by atoms with Gasteiger partial charge >= 0.3 is 0 Å². The number of hydrogen-bond donors (Lipinski definition) is 0. The summed E-state index contributed by atoms with van der Waals surface area (Å²) in [6.45, 7) is 1.90. The van der Waals surface area contributed by atoms with Crippen molar-refractivity contribution in [1.82, 2.24) is 0 Å². The van der Waals surface area contributed by atoms with Gasteiger partial charge in [0.2, 0.25) is 0 Å². The third-order valence-corrected chi connectivity index (χ3v) is 6.60. The normalized spacial score (nSPS) is 20.8. The maximum atomic E-state index is 6.57. The summed E-state index contributed by atoms with van der Waals surface area (Å²) in [6.07, 6.45) is 2.86. The first-order valence-corrected chi connectivity index (χ1v) is 13.2. The Labute approximate surface area is 225 Å². The molecule has 4 heteroatoms. The van der Waals surface area contributed by atoms with Crippen LogP contribution in [0.25, 0.3) is 0 Å². The topological polar surface area (TPSA) is 36.9 Å². The molecule has 0 aromatic heterocycles. The van der Waals surface area contributed by atoms with Crippen molar-refractivity contribution >= 4 is 0 Å². The lowest BCUT2D eigenvalue weighted by molar-refractivity contribution is -0.178. The maximum absolute atomic E-state index is 6.57. The average molecular weight is 507 g/mol. The fourth-order valence-corrected chi connectivity index (χ4v) is 4.56. The smallest absolute Gasteiger partial charge is 0.117 e. The van der Waals surface area contributed by atoms with Crippen LogP contribution in [-0.4, -0.2) is 24.4 Å². The summed E-state index contributed by atoms with van der Waals surface area (Å²) in [6, 6.07) is 40.8. The second-order valence-corrected chi connectivity index (χ2v) is 9.43. The minimum atomic E-state index is -0.353. The van der Waals surface area contributed by atoms with E-state index in [4.69, 9.17) is 18.9 Å². The summed E-state index contributed by atoms with van der Waals surface area (Å²) in [4.78, 5) is 0. The monoisotopic (exact) mass is 506 g/mol. The number of ether oxygens (including phenoxy) is 4. The highest BCUT2D eigenvalue weighted by Crippen LogP contribution is 2.28. The van der Waals surface area contributed by atoms with Gasteiger partial charge in [-0.3, -0.25) is 0 Å². The molecule has 0 aliphatic heterocycles. The van der Waals surface area contributed by atoms with Crippen LogP contribution in [0.4, 0.5) is 0 Å². The van der Waals surface area contributed by atoms with Crippen LogP contribution in [0.3, 0.4) is 0 Å². The molecule has 4 aromatic carbocycles. The zero-order valence-corrected chi connectivity index (χ0v) is 21.5. The van der Waals surface area contributed by atoms with Crippen LogP contribution < -0.4 is 0 Å². The Morgan fingerprint density at radius 1 is 0.342 bits per heavy atom. The van der Waals surface area contributed by atoms with Crippen LogP contribution in [0, 0.1) is 0 Å². The second-order valence-electron chi connectivity index (χ2n) is 9.43. The number of hydrogen-bond acceptors (Lipinski definition) is 4. The van der Waals surface area contributed by atoms with Crippen molar-refractivity contribution in [1.29, 1.82) is 0 Å². The van der Waals surface area contributed by atoms with Gasteiger partial charge in [0, 0.05) is 0 Å². The van der Waals surface area contributed by atoms with Crippen molar-refractivity contribution in [2.24, 2.45) is 0 Å². The van der Waals surface area contributed by atoms with E-state index in [0.717, 1.165) is 22.3 Å². The summed E-state index contributed by atoms with van der Waals surface area (Å²) >= 11 is 0. The van der Waals surface area contributed by atoms with E-state index in [1.165, 1.54) is 0 Å². The molecule has 0 N–H and O–H groups in total. The Kier molecular flexibility index (Phi) is 9.50. The molecular weight excluding hydrogens is 472 g/mol. The summed E-state index contributed by atoms with van der Waals surface area (Å²) < 4.78 is 26.0. The van der Waals surface area contributed by atoms with Gasteiger partial charge < -0.3 is 18.9 Å². The molecule has 0 amide bonds. The molecule has 0 unspecified atom stereocenters. The Morgan fingerprint density at radius 3 is 0.895 bits per heavy atom. The van der Waals surface area contributed by atoms with E-state index in [2.05, 4.69) is 60.7 Å². The van der Waals surface area contributed by atoms with Gasteiger partial charge in [0.25, 0.3) is 0 Å². The van der Waals surface area contributed by atoms with E-state index in [9.17, 15) is 0 Å². The molecule has 194 valence electrons. The first-order valence-electron chi connectivity index (χ1n) is 13.2. The number of benzene rings is 4. The highest BCUT2D eigenvalue weighted by molar-refractivity contribution is 5.18. The van der Waals surface area contributed by atoms with E-state index in [0.29, 0.717) is 26.4 Å². The maximum Gasteiger partial charge on any atom is 0.117 e. The molecule has 0 spiro atoms. The Hall–Kier alpha value is -3.54. The lowest BCUT2D eigenvalue weighted by Crippen LogP contribution is -2.51. The molecule has 1 aliphatic carbocycles. The fourth-order valence-electron chi connectivity index (χ4n) is 4.56. The SMILES string of the molecule is C1=C[C@H](OCc2ccccc2)[C@@H](OCc2ccccc2)[C@H](OCc2ccccc2)[C@H]1OCc1ccccc1. The predicted molar refractivity (Wildman–Crippen MR) is 149 cm³/mol. The first kappa shape index (κ1) is 26.1. The lowest BCUT2D eigenvalue weighted by atomic mass is 9.95. The van der Waals surface area contributed by atoms with E-state index >= 15 is 0 Å². The van der Waals surface area contributed by atoms with Crippen molar-refractivity contribution in [3.63, 3.8) is 0 Å². The molecule has 0 bridgehead atoms. The van der Waals surface area contributed by atoms with Crippen LogP contribution in [0.1, 0.15) is 22.3 Å². The zero-order chi connectivity index (χ0) is 25.8. The third-order valence-electron chi connectivity index (χ3n) is 6.60. The third kappa shape index (κ3) is 7.50. The van der Waals surface area contributed by atoms with Gasteiger partial charge in [0.15, 0.2) is 0 Å². The molecule has 4 aromatic rings. The van der Waals surface area contributed by atoms with Gasteiger partial charge in [0.05, 0.1) is 26.4 Å². The van der Waals surface area contributed by atoms with Gasteiger partial charge in [-0.1, -0.05) is 133 Å². The summed E-state index contributed by atoms with van der Waals surface area (Å²) in [5.74, 6) is 0. The van der Waals surface area contributed by atoms with Gasteiger partial charge in [0.1, 0.15) is 24.4 Å². The molecule has 4 nitrogen and oxygen atoms in total. The highest BCUT2D eigenvalue weighted by atomic mass is 16.6. The Balaban J connectivity index is 1.37. The molecule has 0 heterocycles. The van der Waals surface area contributed by atoms with E-state index in [-0.39, 0.29) is 24.4 Å². The summed E-state index contributed by atoms with van der Waals surface area (Å²) in [5, 5.41) is 0. The first-order chi connectivity index (χ1) is 18.8. The minimum absolute atomic E-state index is 0.281. The van der Waals surface area contributed by atoms with E-state index in [1.54, 1.807) is 0 Å². The van der Waals surface area contributed by atoms with Crippen LogP contribution in [0.5, 0.6) is 0 Å². The van der Waals surface area contributed by atoms with E-state index in [1.807, 2.05) is 72.8 Å². The van der Waals surface area contributed by atoms with Crippen LogP contribution >= 0.6 is 0 Å². The van der Waals surface area contributed by atoms with Crippen molar-refractivity contribution in [2.45, 2.75) is 50.8 Å². The largest absolute Gasteiger partial charge is 0.368 e. The van der Waals surface area contributed by atoms with Gasteiger partial charge in [-0.15, -0.1) is 0 Å². The molecule has 0 radical (unpaired) electrons. The van der Waals surface area contributed by atoms with Crippen molar-refractivity contribution in [2.75, 3.05) is 0 Å². The van der Waals surface area contributed by atoms with Crippen molar-refractivity contribution < 1.29 is 18.9 Å². The van der Waals surface area contributed by atoms with Crippen molar-refractivity contribution in [3.8, 4) is 0 Å². The number of rotatable bonds is 12. The molecule has 0 saturated carbocycles. The van der Waals surface area contributed by atoms with E-state index < -0.39 is 0 Å². The Morgan fingerprint density at radius 2 is 0.605 bits per heavy atom. The molecule has 0 fully saturated rings. The summed E-state index contributed by atoms with van der Waals surface area (Å²) in [5.41, 5.74) is 4.44. The fraction of sp³-hybridized carbons (Fsp3) is 0.235. The van der Waals surface area contributed by atoms with Crippen LogP contribution in [0.15, 0.2) is 133 Å². The highest BCUT2D eigenvalue weighted by Gasteiger charge is 2.39. The lowest BCUT2D eigenvalue weighted by Gasteiger charge is -2.39. The van der Waals surface area contributed by atoms with Crippen LogP contribution in [-0.2, 0) is 45.4 Å². The molecule has 38 heavy (non-hydrogen) atoms. The molecule has 5 rings (SSSR count). The minimum Gasteiger partial charge on any atom is -0.368 e. The van der Waals surface area contributed by atoms with Gasteiger partial charge in [-0.05, 0) is 22.3 Å². The quantitative estimate of drug-likeness (QED) is 0.196. The molecule has 0 saturated heterocycles. The summed E-state index contributed by atoms with van der Waals surface area (Å²) in [7, 11) is 0. The molecular formula is C34H34O4. The standard InChI is InChI=1S/C34H34O4/c1-5-13-27(14-6-1)23-35-31-21-22-32(36-24-28-15-7-2-8-16-28)34(38-26-30-19-11-4-12-20-30)33(31)37-25-29-17-9-3-10-18-29/h1-22,31-34H,23-26H2/t31-,32-,33+,34+/m0/s1. The predicted octanol–water partition coefficient (Wildman–Crippen LogP) is 6.90. The van der Waals surface area contributed by atoms with Crippen LogP contribution in [0.2, 0.25) is 0 Å². The van der Waals surface area contributed by atoms with Gasteiger partial charge in [-0.25, -0.2) is 0 Å². The zero-order valence-electron chi connectivity index (χ0n) is 21.5. The van der Waals surface area contributed by atoms with Crippen molar-refractivity contribution in [3.05, 3.63) is 156 Å². The van der Waals surface area contributed by atoms with Gasteiger partial charge in [-0.2, -0.15) is 0 Å². The average Bonchev–Trinajstić information content (AvgIpc) is 2.99. The second kappa shape index (κ2) is 13.8.